The molecule has 0 saturated carbocycles. The number of hydrogen-bond donors (Lipinski definition) is 3. The molecule has 0 aliphatic carbocycles. The van der Waals surface area contributed by atoms with Gasteiger partial charge in [0.1, 0.15) is 5.58 Å². The van der Waals surface area contributed by atoms with Crippen molar-refractivity contribution in [3.63, 3.8) is 0 Å². The van der Waals surface area contributed by atoms with Crippen LogP contribution in [0.4, 0.5) is 0 Å². The first-order valence-electron chi connectivity index (χ1n) is 4.11. The largest absolute Gasteiger partial charge is 0.504 e. The number of aldehydes is 1. The van der Waals surface area contributed by atoms with Crippen molar-refractivity contribution in [2.45, 2.75) is 0 Å². The zero-order valence-electron chi connectivity index (χ0n) is 7.52. The van der Waals surface area contributed by atoms with E-state index in [-0.39, 0.29) is 28.2 Å². The third kappa shape index (κ3) is 1.43. The minimum atomic E-state index is -0.329. The third-order valence-electron chi connectivity index (χ3n) is 2.02. The van der Waals surface area contributed by atoms with Gasteiger partial charge in [-0.1, -0.05) is 0 Å². The fourth-order valence-corrected chi connectivity index (χ4v) is 1.26. The molecule has 0 saturated heterocycles. The molecule has 0 aliphatic heterocycles. The van der Waals surface area contributed by atoms with Crippen LogP contribution >= 0.6 is 0 Å². The quantitative estimate of drug-likeness (QED) is 0.480. The van der Waals surface area contributed by atoms with E-state index in [2.05, 4.69) is 0 Å². The van der Waals surface area contributed by atoms with Crippen molar-refractivity contribution in [1.82, 2.24) is 0 Å². The second-order valence-electron chi connectivity index (χ2n) is 3.03. The summed E-state index contributed by atoms with van der Waals surface area (Å²) in [5.41, 5.74) is 0.0519. The van der Waals surface area contributed by atoms with Crippen molar-refractivity contribution in [1.29, 1.82) is 5.41 Å². The third-order valence-corrected chi connectivity index (χ3v) is 2.02. The Morgan fingerprint density at radius 2 is 1.87 bits per heavy atom. The molecule has 0 radical (unpaired) electrons. The predicted molar refractivity (Wildman–Crippen MR) is 50.8 cm³/mol. The summed E-state index contributed by atoms with van der Waals surface area (Å²) in [5, 5.41) is 26.2. The van der Waals surface area contributed by atoms with E-state index in [0.29, 0.717) is 11.7 Å². The Morgan fingerprint density at radius 3 is 2.53 bits per heavy atom. The second-order valence-corrected chi connectivity index (χ2v) is 3.03. The lowest BCUT2D eigenvalue weighted by Gasteiger charge is -2.01. The summed E-state index contributed by atoms with van der Waals surface area (Å²) < 4.78 is 4.98. The molecule has 1 heterocycles. The Labute approximate surface area is 83.7 Å². The van der Waals surface area contributed by atoms with Crippen LogP contribution < -0.4 is 5.55 Å². The predicted octanol–water partition coefficient (Wildman–Crippen LogP) is 1.14. The number of phenols is 2. The number of fused-ring (bicyclic) bond motifs is 1. The van der Waals surface area contributed by atoms with Crippen LogP contribution in [-0.4, -0.2) is 16.5 Å². The summed E-state index contributed by atoms with van der Waals surface area (Å²) >= 11 is 0. The van der Waals surface area contributed by atoms with Gasteiger partial charge in [-0.15, -0.1) is 0 Å². The van der Waals surface area contributed by atoms with E-state index in [1.54, 1.807) is 0 Å². The van der Waals surface area contributed by atoms with Gasteiger partial charge in [-0.3, -0.25) is 10.2 Å². The van der Waals surface area contributed by atoms with Crippen molar-refractivity contribution in [2.24, 2.45) is 0 Å². The van der Waals surface area contributed by atoms with Gasteiger partial charge in [-0.2, -0.15) is 0 Å². The maximum Gasteiger partial charge on any atom is 0.222 e. The van der Waals surface area contributed by atoms with Gasteiger partial charge >= 0.3 is 0 Å². The van der Waals surface area contributed by atoms with Gasteiger partial charge in [0.2, 0.25) is 5.55 Å². The van der Waals surface area contributed by atoms with E-state index in [9.17, 15) is 15.0 Å². The molecule has 0 spiro atoms. The molecule has 0 amide bonds. The van der Waals surface area contributed by atoms with Crippen LogP contribution in [0.15, 0.2) is 22.6 Å². The van der Waals surface area contributed by atoms with Crippen LogP contribution in [0.1, 0.15) is 10.4 Å². The molecule has 2 aromatic rings. The number of rotatable bonds is 1. The molecule has 5 nitrogen and oxygen atoms in total. The van der Waals surface area contributed by atoms with E-state index in [1.807, 2.05) is 0 Å². The van der Waals surface area contributed by atoms with Gasteiger partial charge in [0.15, 0.2) is 17.8 Å². The lowest BCUT2D eigenvalue weighted by atomic mass is 10.2. The molecular weight excluding hydrogens is 198 g/mol. The normalized spacial score (nSPS) is 10.4. The van der Waals surface area contributed by atoms with Gasteiger partial charge in [0.25, 0.3) is 0 Å². The van der Waals surface area contributed by atoms with Crippen LogP contribution in [0.2, 0.25) is 0 Å². The topological polar surface area (TPSA) is 94.5 Å². The Kier molecular flexibility index (Phi) is 1.93. The smallest absolute Gasteiger partial charge is 0.222 e. The first-order chi connectivity index (χ1) is 7.11. The van der Waals surface area contributed by atoms with Crippen molar-refractivity contribution >= 4 is 17.3 Å². The highest BCUT2D eigenvalue weighted by atomic mass is 16.3. The maximum absolute atomic E-state index is 10.5. The molecule has 15 heavy (non-hydrogen) atoms. The Balaban J connectivity index is 2.88. The van der Waals surface area contributed by atoms with E-state index in [0.717, 1.165) is 0 Å². The fraction of sp³-hybridized carbons (Fsp3) is 0. The minimum absolute atomic E-state index is 0.0904. The van der Waals surface area contributed by atoms with Crippen molar-refractivity contribution < 1.29 is 19.4 Å². The fourth-order valence-electron chi connectivity index (χ4n) is 1.26. The highest BCUT2D eigenvalue weighted by Gasteiger charge is 2.06. The Hall–Kier alpha value is -2.30. The summed E-state index contributed by atoms with van der Waals surface area (Å²) in [6.45, 7) is 0. The number of benzene rings is 1. The average Bonchev–Trinajstić information content (AvgIpc) is 2.20. The molecule has 0 fully saturated rings. The number of aromatic hydroxyl groups is 2. The number of carbonyl (C=O) groups excluding carboxylic acids is 1. The van der Waals surface area contributed by atoms with Crippen LogP contribution in [-0.2, 0) is 0 Å². The highest BCUT2D eigenvalue weighted by molar-refractivity contribution is 5.86. The molecule has 2 rings (SSSR count). The summed E-state index contributed by atoms with van der Waals surface area (Å²) in [6, 6.07) is 3.87. The highest BCUT2D eigenvalue weighted by Crippen LogP contribution is 2.29. The number of hydrogen-bond acceptors (Lipinski definition) is 5. The molecule has 0 bridgehead atoms. The number of carbonyl (C=O) groups is 1. The van der Waals surface area contributed by atoms with E-state index >= 15 is 0 Å². The van der Waals surface area contributed by atoms with Crippen LogP contribution in [0.25, 0.3) is 11.0 Å². The second kappa shape index (κ2) is 3.13. The molecule has 5 heteroatoms. The molecule has 1 aromatic carbocycles. The van der Waals surface area contributed by atoms with Gasteiger partial charge < -0.3 is 14.6 Å². The zero-order valence-corrected chi connectivity index (χ0v) is 7.52. The SMILES string of the molecule is N=c1oc2cc(O)c(O)cc2cc1C=O. The number of nitrogens with one attached hydrogen (secondary N) is 1. The van der Waals surface area contributed by atoms with Gasteiger partial charge in [0, 0.05) is 11.5 Å². The molecule has 76 valence electrons. The summed E-state index contributed by atoms with van der Waals surface area (Å²) in [5.74, 6) is -0.628. The van der Waals surface area contributed by atoms with Gasteiger partial charge in [0.05, 0.1) is 5.56 Å². The lowest BCUT2D eigenvalue weighted by molar-refractivity contribution is 0.111. The van der Waals surface area contributed by atoms with E-state index in [1.165, 1.54) is 18.2 Å². The Bertz CT molecular complexity index is 600. The zero-order chi connectivity index (χ0) is 11.0. The van der Waals surface area contributed by atoms with Crippen LogP contribution in [0, 0.1) is 5.41 Å². The molecule has 0 atom stereocenters. The standard InChI is InChI=1S/C10H7NO4/c11-10-6(4-12)1-5-2-7(13)8(14)3-9(5)15-10/h1-4,11,13-14H. The van der Waals surface area contributed by atoms with Gasteiger partial charge in [-0.05, 0) is 12.1 Å². The van der Waals surface area contributed by atoms with Crippen LogP contribution in [0.5, 0.6) is 11.5 Å². The molecule has 3 N–H and O–H groups in total. The molecular formula is C10H7NO4. The number of phenolic OH excluding ortho intramolecular Hbond substituents is 2. The summed E-state index contributed by atoms with van der Waals surface area (Å²) in [7, 11) is 0. The molecule has 0 unspecified atom stereocenters. The minimum Gasteiger partial charge on any atom is -0.504 e. The van der Waals surface area contributed by atoms with Crippen molar-refractivity contribution in [3.8, 4) is 11.5 Å². The Morgan fingerprint density at radius 1 is 1.20 bits per heavy atom. The molecule has 0 aliphatic rings. The monoisotopic (exact) mass is 205 g/mol. The summed E-state index contributed by atoms with van der Waals surface area (Å²) in [4.78, 5) is 10.5. The van der Waals surface area contributed by atoms with Gasteiger partial charge in [-0.25, -0.2) is 0 Å². The first-order valence-corrected chi connectivity index (χ1v) is 4.11. The van der Waals surface area contributed by atoms with Crippen molar-refractivity contribution in [3.05, 3.63) is 29.3 Å². The molecule has 1 aromatic heterocycles. The van der Waals surface area contributed by atoms with E-state index < -0.39 is 0 Å². The first kappa shape index (κ1) is 9.26. The van der Waals surface area contributed by atoms with Crippen molar-refractivity contribution in [2.75, 3.05) is 0 Å². The average molecular weight is 205 g/mol. The summed E-state index contributed by atoms with van der Waals surface area (Å²) in [6.07, 6.45) is 0.495. The van der Waals surface area contributed by atoms with E-state index in [4.69, 9.17) is 9.83 Å². The maximum atomic E-state index is 10.5. The van der Waals surface area contributed by atoms with Crippen LogP contribution in [0.3, 0.4) is 0 Å². The lowest BCUT2D eigenvalue weighted by Crippen LogP contribution is -2.05.